The molecular weight excluding hydrogens is 250 g/mol. The number of aromatic nitrogens is 2. The molecule has 2 aromatic heterocycles. The fourth-order valence-corrected chi connectivity index (χ4v) is 2.18. The van der Waals surface area contributed by atoms with E-state index in [1.807, 2.05) is 17.3 Å². The molecule has 0 spiro atoms. The highest BCUT2D eigenvalue weighted by atomic mass is 32.1. The van der Waals surface area contributed by atoms with E-state index in [0.29, 0.717) is 12.2 Å². The fraction of sp³-hybridized carbons (Fsp3) is 0.250. The zero-order chi connectivity index (χ0) is 13.1. The molecule has 0 aliphatic heterocycles. The zero-order valence-electron chi connectivity index (χ0n) is 10.1. The van der Waals surface area contributed by atoms with Crippen molar-refractivity contribution >= 4 is 23.1 Å². The minimum atomic E-state index is -0.950. The maximum atomic E-state index is 10.9. The van der Waals surface area contributed by atoms with Crippen molar-refractivity contribution in [3.05, 3.63) is 40.0 Å². The van der Waals surface area contributed by atoms with Crippen LogP contribution < -0.4 is 4.90 Å². The Hall–Kier alpha value is -1.95. The van der Waals surface area contributed by atoms with Gasteiger partial charge < -0.3 is 10.0 Å². The highest BCUT2D eigenvalue weighted by Crippen LogP contribution is 2.16. The number of aromatic carboxylic acids is 1. The molecule has 2 aromatic rings. The second-order valence-corrected chi connectivity index (χ2v) is 4.66. The minimum absolute atomic E-state index is 0.237. The number of rotatable bonds is 4. The third-order valence-corrected chi connectivity index (χ3v) is 3.21. The molecule has 2 heterocycles. The number of carboxylic acids is 1. The molecule has 2 rings (SSSR count). The summed E-state index contributed by atoms with van der Waals surface area (Å²) in [5.41, 5.74) is 3.52. The summed E-state index contributed by atoms with van der Waals surface area (Å²) in [4.78, 5) is 21.3. The molecule has 18 heavy (non-hydrogen) atoms. The number of nitrogens with zero attached hydrogens (tertiary/aromatic N) is 3. The molecule has 94 valence electrons. The SMILES string of the molecule is Cc1nc(N(C)Cc2cscn2)ccc1C(=O)O. The fourth-order valence-electron chi connectivity index (χ4n) is 1.63. The lowest BCUT2D eigenvalue weighted by Crippen LogP contribution is -2.18. The molecule has 0 aliphatic carbocycles. The molecule has 0 fully saturated rings. The highest BCUT2D eigenvalue weighted by Gasteiger charge is 2.11. The normalized spacial score (nSPS) is 10.3. The Morgan fingerprint density at radius 2 is 2.28 bits per heavy atom. The maximum Gasteiger partial charge on any atom is 0.337 e. The van der Waals surface area contributed by atoms with Gasteiger partial charge in [0.25, 0.3) is 0 Å². The van der Waals surface area contributed by atoms with E-state index in [-0.39, 0.29) is 5.56 Å². The number of pyridine rings is 1. The molecule has 5 nitrogen and oxygen atoms in total. The number of carbonyl (C=O) groups is 1. The number of aryl methyl sites for hydroxylation is 1. The third-order valence-electron chi connectivity index (χ3n) is 2.58. The van der Waals surface area contributed by atoms with Crippen LogP contribution in [0.2, 0.25) is 0 Å². The first-order valence-corrected chi connectivity index (χ1v) is 6.31. The van der Waals surface area contributed by atoms with Gasteiger partial charge in [-0.05, 0) is 19.1 Å². The first-order chi connectivity index (χ1) is 8.58. The van der Waals surface area contributed by atoms with E-state index in [4.69, 9.17) is 5.11 Å². The van der Waals surface area contributed by atoms with Gasteiger partial charge in [0.2, 0.25) is 0 Å². The van der Waals surface area contributed by atoms with Crippen LogP contribution in [0.15, 0.2) is 23.0 Å². The smallest absolute Gasteiger partial charge is 0.337 e. The molecule has 0 amide bonds. The number of thiazole rings is 1. The lowest BCUT2D eigenvalue weighted by molar-refractivity contribution is 0.0695. The highest BCUT2D eigenvalue weighted by molar-refractivity contribution is 7.07. The van der Waals surface area contributed by atoms with Crippen LogP contribution >= 0.6 is 11.3 Å². The lowest BCUT2D eigenvalue weighted by atomic mass is 10.2. The van der Waals surface area contributed by atoms with Crippen molar-refractivity contribution in [2.75, 3.05) is 11.9 Å². The summed E-state index contributed by atoms with van der Waals surface area (Å²) < 4.78 is 0. The lowest BCUT2D eigenvalue weighted by Gasteiger charge is -2.17. The van der Waals surface area contributed by atoms with E-state index < -0.39 is 5.97 Å². The Bertz CT molecular complexity index is 554. The van der Waals surface area contributed by atoms with E-state index in [2.05, 4.69) is 9.97 Å². The van der Waals surface area contributed by atoms with Crippen LogP contribution in [-0.2, 0) is 6.54 Å². The Kier molecular flexibility index (Phi) is 3.57. The van der Waals surface area contributed by atoms with Gasteiger partial charge in [0.05, 0.1) is 29.0 Å². The molecule has 0 unspecified atom stereocenters. The Labute approximate surface area is 109 Å². The van der Waals surface area contributed by atoms with Gasteiger partial charge in [-0.15, -0.1) is 11.3 Å². The van der Waals surface area contributed by atoms with E-state index >= 15 is 0 Å². The minimum Gasteiger partial charge on any atom is -0.478 e. The first kappa shape index (κ1) is 12.5. The molecule has 0 aliphatic rings. The van der Waals surface area contributed by atoms with Crippen molar-refractivity contribution in [3.63, 3.8) is 0 Å². The average Bonchev–Trinajstić information content (AvgIpc) is 2.81. The second kappa shape index (κ2) is 5.14. The molecule has 0 aromatic carbocycles. The molecule has 0 radical (unpaired) electrons. The summed E-state index contributed by atoms with van der Waals surface area (Å²) in [5.74, 6) is -0.209. The average molecular weight is 263 g/mol. The van der Waals surface area contributed by atoms with Crippen LogP contribution in [0.25, 0.3) is 0 Å². The molecule has 1 N–H and O–H groups in total. The number of hydrogen-bond acceptors (Lipinski definition) is 5. The van der Waals surface area contributed by atoms with E-state index in [0.717, 1.165) is 11.5 Å². The monoisotopic (exact) mass is 263 g/mol. The standard InChI is InChI=1S/C12H13N3O2S/c1-8-10(12(16)17)3-4-11(14-8)15(2)5-9-6-18-7-13-9/h3-4,6-7H,5H2,1-2H3,(H,16,17). The van der Waals surface area contributed by atoms with Gasteiger partial charge >= 0.3 is 5.97 Å². The molecule has 0 bridgehead atoms. The topological polar surface area (TPSA) is 66.3 Å². The van der Waals surface area contributed by atoms with E-state index in [9.17, 15) is 4.79 Å². The summed E-state index contributed by atoms with van der Waals surface area (Å²) in [6.07, 6.45) is 0. The summed E-state index contributed by atoms with van der Waals surface area (Å²) in [7, 11) is 1.90. The van der Waals surface area contributed by atoms with Crippen molar-refractivity contribution in [1.82, 2.24) is 9.97 Å². The molecule has 6 heteroatoms. The molecule has 0 atom stereocenters. The number of anilines is 1. The van der Waals surface area contributed by atoms with Crippen molar-refractivity contribution in [1.29, 1.82) is 0 Å². The van der Waals surface area contributed by atoms with Gasteiger partial charge in [-0.2, -0.15) is 0 Å². The van der Waals surface area contributed by atoms with Gasteiger partial charge in [0.1, 0.15) is 5.82 Å². The predicted octanol–water partition coefficient (Wildman–Crippen LogP) is 2.18. The molecule has 0 saturated carbocycles. The van der Waals surface area contributed by atoms with Gasteiger partial charge in [0, 0.05) is 12.4 Å². The third kappa shape index (κ3) is 2.65. The van der Waals surface area contributed by atoms with Crippen molar-refractivity contribution in [2.45, 2.75) is 13.5 Å². The van der Waals surface area contributed by atoms with Crippen molar-refractivity contribution in [2.24, 2.45) is 0 Å². The predicted molar refractivity (Wildman–Crippen MR) is 70.2 cm³/mol. The van der Waals surface area contributed by atoms with Gasteiger partial charge in [-0.1, -0.05) is 0 Å². The molecular formula is C12H13N3O2S. The number of hydrogen-bond donors (Lipinski definition) is 1. The van der Waals surface area contributed by atoms with Crippen LogP contribution in [0.3, 0.4) is 0 Å². The Morgan fingerprint density at radius 3 is 2.83 bits per heavy atom. The van der Waals surface area contributed by atoms with Crippen LogP contribution in [0.5, 0.6) is 0 Å². The Balaban J connectivity index is 2.18. The van der Waals surface area contributed by atoms with Crippen LogP contribution in [-0.4, -0.2) is 28.1 Å². The molecule has 0 saturated heterocycles. The van der Waals surface area contributed by atoms with Crippen LogP contribution in [0.1, 0.15) is 21.7 Å². The maximum absolute atomic E-state index is 10.9. The summed E-state index contributed by atoms with van der Waals surface area (Å²) >= 11 is 1.55. The Morgan fingerprint density at radius 1 is 1.50 bits per heavy atom. The largest absolute Gasteiger partial charge is 0.478 e. The van der Waals surface area contributed by atoms with E-state index in [1.165, 1.54) is 0 Å². The van der Waals surface area contributed by atoms with Crippen molar-refractivity contribution < 1.29 is 9.90 Å². The van der Waals surface area contributed by atoms with Crippen LogP contribution in [0, 0.1) is 6.92 Å². The summed E-state index contributed by atoms with van der Waals surface area (Å²) in [5, 5.41) is 10.9. The summed E-state index contributed by atoms with van der Waals surface area (Å²) in [6.45, 7) is 2.35. The second-order valence-electron chi connectivity index (χ2n) is 3.94. The zero-order valence-corrected chi connectivity index (χ0v) is 10.9. The van der Waals surface area contributed by atoms with Gasteiger partial charge in [-0.3, -0.25) is 0 Å². The van der Waals surface area contributed by atoms with Crippen molar-refractivity contribution in [3.8, 4) is 0 Å². The van der Waals surface area contributed by atoms with Gasteiger partial charge in [0.15, 0.2) is 0 Å². The van der Waals surface area contributed by atoms with Gasteiger partial charge in [-0.25, -0.2) is 14.8 Å². The first-order valence-electron chi connectivity index (χ1n) is 5.37. The quantitative estimate of drug-likeness (QED) is 0.915. The number of carboxylic acid groups (broad SMARTS) is 1. The summed E-state index contributed by atoms with van der Waals surface area (Å²) in [6, 6.07) is 3.29. The van der Waals surface area contributed by atoms with E-state index in [1.54, 1.807) is 35.9 Å². The van der Waals surface area contributed by atoms with Crippen LogP contribution in [0.4, 0.5) is 5.82 Å².